The number of aliphatic hydroxyl groups is 1. The van der Waals surface area contributed by atoms with Gasteiger partial charge in [0.25, 0.3) is 5.91 Å². The first-order valence-electron chi connectivity index (χ1n) is 7.57. The van der Waals surface area contributed by atoms with E-state index in [0.717, 1.165) is 3.57 Å². The van der Waals surface area contributed by atoms with Gasteiger partial charge in [0.2, 0.25) is 0 Å². The van der Waals surface area contributed by atoms with Crippen LogP contribution in [0, 0.1) is 9.39 Å². The Morgan fingerprint density at radius 2 is 2.20 bits per heavy atom. The fraction of sp³-hybridized carbons (Fsp3) is 0.176. The molecule has 0 radical (unpaired) electrons. The fourth-order valence-corrected chi connectivity index (χ4v) is 3.19. The van der Waals surface area contributed by atoms with E-state index in [-0.39, 0.29) is 12.3 Å². The Labute approximate surface area is 157 Å². The lowest BCUT2D eigenvalue weighted by atomic mass is 10.1. The molecule has 0 bridgehead atoms. The van der Waals surface area contributed by atoms with Crippen molar-refractivity contribution in [2.24, 2.45) is 7.05 Å². The predicted molar refractivity (Wildman–Crippen MR) is 102 cm³/mol. The van der Waals surface area contributed by atoms with E-state index in [1.165, 1.54) is 6.07 Å². The Bertz CT molecular complexity index is 942. The topological polar surface area (TPSA) is 79.2 Å². The minimum absolute atomic E-state index is 0.0936. The summed E-state index contributed by atoms with van der Waals surface area (Å²) in [7, 11) is 1.79. The summed E-state index contributed by atoms with van der Waals surface area (Å²) in [5, 5.41) is 9.99. The third-order valence-electron chi connectivity index (χ3n) is 3.88. The number of nitrogens with zero attached hydrogens (tertiary/aromatic N) is 2. The molecule has 1 amide bonds. The van der Waals surface area contributed by atoms with Crippen molar-refractivity contribution in [2.75, 3.05) is 12.0 Å². The number of carbonyl (C=O) groups excluding carboxylic acids is 1. The van der Waals surface area contributed by atoms with E-state index in [0.29, 0.717) is 28.7 Å². The Kier molecular flexibility index (Phi) is 5.19. The average molecular weight is 454 g/mol. The lowest BCUT2D eigenvalue weighted by Gasteiger charge is -2.11. The summed E-state index contributed by atoms with van der Waals surface area (Å²) >= 11 is 2.01. The van der Waals surface area contributed by atoms with Crippen molar-refractivity contribution in [1.29, 1.82) is 0 Å². The molecule has 0 aliphatic heterocycles. The van der Waals surface area contributed by atoms with Crippen LogP contribution >= 0.6 is 22.6 Å². The van der Waals surface area contributed by atoms with Gasteiger partial charge in [-0.25, -0.2) is 9.37 Å². The minimum atomic E-state index is -0.456. The molecule has 3 aromatic rings. The number of aryl methyl sites for hydroxylation is 1. The number of fused-ring (bicyclic) bond motifs is 1. The molecule has 3 N–H and O–H groups in total. The van der Waals surface area contributed by atoms with E-state index in [1.807, 2.05) is 22.6 Å². The van der Waals surface area contributed by atoms with E-state index in [9.17, 15) is 14.3 Å². The molecule has 0 aliphatic carbocycles. The number of aromatic nitrogens is 2. The van der Waals surface area contributed by atoms with E-state index in [1.54, 1.807) is 42.1 Å². The predicted octanol–water partition coefficient (Wildman–Crippen LogP) is 2.61. The largest absolute Gasteiger partial charge is 0.396 e. The molecular weight excluding hydrogens is 438 g/mol. The third kappa shape index (κ3) is 3.45. The van der Waals surface area contributed by atoms with Crippen LogP contribution in [0.1, 0.15) is 16.1 Å². The molecule has 8 heteroatoms. The van der Waals surface area contributed by atoms with Crippen molar-refractivity contribution in [1.82, 2.24) is 15.0 Å². The van der Waals surface area contributed by atoms with E-state index >= 15 is 0 Å². The van der Waals surface area contributed by atoms with Crippen LogP contribution < -0.4 is 10.9 Å². The van der Waals surface area contributed by atoms with Crippen LogP contribution in [0.4, 0.5) is 10.1 Å². The number of hydrazine groups is 1. The number of anilines is 1. The maximum Gasteiger partial charge on any atom is 0.272 e. The van der Waals surface area contributed by atoms with Crippen molar-refractivity contribution < 1.29 is 14.3 Å². The first kappa shape index (κ1) is 17.6. The number of hydrogen-bond acceptors (Lipinski definition) is 4. The van der Waals surface area contributed by atoms with Gasteiger partial charge >= 0.3 is 0 Å². The Balaban J connectivity index is 1.92. The van der Waals surface area contributed by atoms with Gasteiger partial charge < -0.3 is 9.67 Å². The molecule has 0 spiro atoms. The second-order valence-corrected chi connectivity index (χ2v) is 6.68. The number of amides is 1. The zero-order chi connectivity index (χ0) is 18.0. The number of nitrogens with one attached hydrogen (secondary N) is 2. The first-order valence-corrected chi connectivity index (χ1v) is 8.65. The highest BCUT2D eigenvalue weighted by Crippen LogP contribution is 2.24. The highest BCUT2D eigenvalue weighted by Gasteiger charge is 2.21. The fourth-order valence-electron chi connectivity index (χ4n) is 2.74. The van der Waals surface area contributed by atoms with Crippen LogP contribution in [0.15, 0.2) is 36.5 Å². The average Bonchev–Trinajstić information content (AvgIpc) is 2.87. The number of benzene rings is 1. The van der Waals surface area contributed by atoms with E-state index in [4.69, 9.17) is 0 Å². The molecule has 130 valence electrons. The van der Waals surface area contributed by atoms with Gasteiger partial charge in [0, 0.05) is 40.9 Å². The standard InChI is InChI=1S/C17H16FIN4O2/c1-23-14(6-8-24)15(11-3-2-7-20-16(11)23)17(25)22-21-13-5-4-10(19)9-12(13)18/h2-5,7,9,21,24H,6,8H2,1H3,(H,22,25). The van der Waals surface area contributed by atoms with Gasteiger partial charge in [-0.3, -0.25) is 15.6 Å². The van der Waals surface area contributed by atoms with Gasteiger partial charge in [0.05, 0.1) is 11.3 Å². The quantitative estimate of drug-likeness (QED) is 0.409. The second-order valence-electron chi connectivity index (χ2n) is 5.43. The zero-order valence-corrected chi connectivity index (χ0v) is 15.5. The van der Waals surface area contributed by atoms with Gasteiger partial charge in [0.1, 0.15) is 11.5 Å². The summed E-state index contributed by atoms with van der Waals surface area (Å²) in [5.74, 6) is -0.873. The number of rotatable bonds is 5. The van der Waals surface area contributed by atoms with Crippen LogP contribution in [0.2, 0.25) is 0 Å². The van der Waals surface area contributed by atoms with Crippen molar-refractivity contribution in [3.8, 4) is 0 Å². The van der Waals surface area contributed by atoms with Gasteiger partial charge in [-0.2, -0.15) is 0 Å². The lowest BCUT2D eigenvalue weighted by Crippen LogP contribution is -2.30. The lowest BCUT2D eigenvalue weighted by molar-refractivity contribution is 0.0963. The summed E-state index contributed by atoms with van der Waals surface area (Å²) in [4.78, 5) is 17.0. The normalized spacial score (nSPS) is 10.9. The van der Waals surface area contributed by atoms with E-state index < -0.39 is 11.7 Å². The highest BCUT2D eigenvalue weighted by atomic mass is 127. The van der Waals surface area contributed by atoms with E-state index in [2.05, 4.69) is 15.8 Å². The maximum absolute atomic E-state index is 13.9. The van der Waals surface area contributed by atoms with Gasteiger partial charge in [-0.05, 0) is 52.9 Å². The molecule has 0 fully saturated rings. The summed E-state index contributed by atoms with van der Waals surface area (Å²) in [6.45, 7) is -0.0936. The summed E-state index contributed by atoms with van der Waals surface area (Å²) < 4.78 is 16.4. The van der Waals surface area contributed by atoms with Crippen LogP contribution in [0.25, 0.3) is 11.0 Å². The molecule has 3 rings (SSSR count). The summed E-state index contributed by atoms with van der Waals surface area (Å²) in [6.07, 6.45) is 1.96. The molecule has 0 unspecified atom stereocenters. The number of pyridine rings is 1. The highest BCUT2D eigenvalue weighted by molar-refractivity contribution is 14.1. The number of aliphatic hydroxyl groups excluding tert-OH is 1. The van der Waals surface area contributed by atoms with Gasteiger partial charge in [0.15, 0.2) is 0 Å². The van der Waals surface area contributed by atoms with Crippen molar-refractivity contribution in [2.45, 2.75) is 6.42 Å². The maximum atomic E-state index is 13.9. The molecule has 0 atom stereocenters. The smallest absolute Gasteiger partial charge is 0.272 e. The molecule has 6 nitrogen and oxygen atoms in total. The van der Waals surface area contributed by atoms with Crippen LogP contribution in [0.3, 0.4) is 0 Å². The molecule has 25 heavy (non-hydrogen) atoms. The molecular formula is C17H16FIN4O2. The number of hydrogen-bond donors (Lipinski definition) is 3. The SMILES string of the molecule is Cn1c(CCO)c(C(=O)NNc2ccc(I)cc2F)c2cccnc21. The van der Waals surface area contributed by atoms with Gasteiger partial charge in [-0.1, -0.05) is 0 Å². The number of carbonyl (C=O) groups is 1. The minimum Gasteiger partial charge on any atom is -0.396 e. The van der Waals surface area contributed by atoms with Crippen molar-refractivity contribution in [3.05, 3.63) is 57.2 Å². The summed E-state index contributed by atoms with van der Waals surface area (Å²) in [5.41, 5.74) is 7.04. The molecule has 1 aromatic carbocycles. The van der Waals surface area contributed by atoms with Crippen molar-refractivity contribution >= 4 is 45.2 Å². The van der Waals surface area contributed by atoms with Crippen molar-refractivity contribution in [3.63, 3.8) is 0 Å². The number of halogens is 2. The Hall–Kier alpha value is -2.20. The Morgan fingerprint density at radius 1 is 1.40 bits per heavy atom. The van der Waals surface area contributed by atoms with Gasteiger partial charge in [-0.15, -0.1) is 0 Å². The molecule has 0 saturated heterocycles. The van der Waals surface area contributed by atoms with Crippen LogP contribution in [0.5, 0.6) is 0 Å². The second kappa shape index (κ2) is 7.36. The molecule has 2 heterocycles. The molecule has 0 saturated carbocycles. The first-order chi connectivity index (χ1) is 12.0. The monoisotopic (exact) mass is 454 g/mol. The Morgan fingerprint density at radius 3 is 2.92 bits per heavy atom. The summed E-state index contributed by atoms with van der Waals surface area (Å²) in [6, 6.07) is 8.19. The molecule has 0 aliphatic rings. The third-order valence-corrected chi connectivity index (χ3v) is 4.56. The molecule has 2 aromatic heterocycles. The van der Waals surface area contributed by atoms with Crippen LogP contribution in [-0.4, -0.2) is 27.2 Å². The van der Waals surface area contributed by atoms with Crippen LogP contribution in [-0.2, 0) is 13.5 Å². The zero-order valence-electron chi connectivity index (χ0n) is 13.4.